The molecule has 0 aromatic heterocycles. The Kier molecular flexibility index (Phi) is 6.57. The van der Waals surface area contributed by atoms with Gasteiger partial charge in [0.2, 0.25) is 0 Å². The van der Waals surface area contributed by atoms with Crippen molar-refractivity contribution in [1.82, 2.24) is 10.2 Å². The van der Waals surface area contributed by atoms with Crippen LogP contribution in [0.25, 0.3) is 0 Å². The fourth-order valence-electron chi connectivity index (χ4n) is 1.39. The molecule has 0 aromatic rings. The summed E-state index contributed by atoms with van der Waals surface area (Å²) >= 11 is 0. The number of nitrogens with one attached hydrogen (secondary N) is 1. The lowest BCUT2D eigenvalue weighted by Crippen LogP contribution is -2.30. The summed E-state index contributed by atoms with van der Waals surface area (Å²) < 4.78 is 0. The lowest BCUT2D eigenvalue weighted by atomic mass is 10.3. The second kappa shape index (κ2) is 6.62. The Labute approximate surface area is 71.0 Å². The molecule has 1 unspecified atom stereocenters. The molecule has 0 aliphatic carbocycles. The van der Waals surface area contributed by atoms with Crippen LogP contribution in [0.3, 0.4) is 0 Å². The first-order valence-corrected chi connectivity index (χ1v) is 4.75. The van der Waals surface area contributed by atoms with Gasteiger partial charge in [0.25, 0.3) is 0 Å². The Morgan fingerprint density at radius 1 is 1.45 bits per heavy atom. The van der Waals surface area contributed by atoms with Crippen molar-refractivity contribution in [3.63, 3.8) is 0 Å². The lowest BCUT2D eigenvalue weighted by molar-refractivity contribution is 0.400. The van der Waals surface area contributed by atoms with Crippen molar-refractivity contribution in [2.24, 2.45) is 0 Å². The lowest BCUT2D eigenvalue weighted by Gasteiger charge is -2.09. The molecular formula is C9H22N2. The van der Waals surface area contributed by atoms with Gasteiger partial charge in [0.15, 0.2) is 0 Å². The fourth-order valence-corrected chi connectivity index (χ4v) is 1.39. The Morgan fingerprint density at radius 2 is 2.09 bits per heavy atom. The summed E-state index contributed by atoms with van der Waals surface area (Å²) in [5.74, 6) is 0. The minimum absolute atomic E-state index is 0.764. The van der Waals surface area contributed by atoms with Crippen LogP contribution >= 0.6 is 0 Å². The number of rotatable bonds is 2. The maximum Gasteiger partial charge on any atom is 0.0206 e. The van der Waals surface area contributed by atoms with Crippen molar-refractivity contribution >= 4 is 0 Å². The molecule has 1 fully saturated rings. The molecule has 1 aliphatic heterocycles. The average Bonchev–Trinajstić information content (AvgIpc) is 2.41. The van der Waals surface area contributed by atoms with Gasteiger partial charge in [-0.05, 0) is 26.6 Å². The van der Waals surface area contributed by atoms with Gasteiger partial charge in [-0.1, -0.05) is 20.8 Å². The molecule has 1 aliphatic rings. The summed E-state index contributed by atoms with van der Waals surface area (Å²) in [5.41, 5.74) is 0. The summed E-state index contributed by atoms with van der Waals surface area (Å²) in [4.78, 5) is 2.37. The van der Waals surface area contributed by atoms with E-state index in [9.17, 15) is 0 Å². The molecular weight excluding hydrogens is 136 g/mol. The molecule has 0 spiro atoms. The van der Waals surface area contributed by atoms with Crippen LogP contribution < -0.4 is 5.32 Å². The zero-order chi connectivity index (χ0) is 8.69. The number of nitrogens with zero attached hydrogens (tertiary/aromatic N) is 1. The molecule has 2 nitrogen and oxygen atoms in total. The molecule has 0 radical (unpaired) electrons. The highest BCUT2D eigenvalue weighted by Gasteiger charge is 2.17. The predicted octanol–water partition coefficient (Wildman–Crippen LogP) is 1.33. The Hall–Kier alpha value is -0.0800. The molecule has 0 saturated carbocycles. The van der Waals surface area contributed by atoms with Crippen LogP contribution in [0.15, 0.2) is 0 Å². The van der Waals surface area contributed by atoms with Gasteiger partial charge in [-0.2, -0.15) is 0 Å². The molecule has 11 heavy (non-hydrogen) atoms. The second-order valence-corrected chi connectivity index (χ2v) is 2.81. The predicted molar refractivity (Wildman–Crippen MR) is 50.9 cm³/mol. The van der Waals surface area contributed by atoms with E-state index in [1.165, 1.54) is 19.5 Å². The Balaban J connectivity index is 0.000000461. The first-order chi connectivity index (χ1) is 5.33. The van der Waals surface area contributed by atoms with E-state index < -0.39 is 0 Å². The fraction of sp³-hybridized carbons (Fsp3) is 1.00. The molecule has 1 atom stereocenters. The maximum absolute atomic E-state index is 3.43. The van der Waals surface area contributed by atoms with Gasteiger partial charge in [-0.25, -0.2) is 0 Å². The van der Waals surface area contributed by atoms with Crippen LogP contribution in [-0.2, 0) is 0 Å². The summed E-state index contributed by atoms with van der Waals surface area (Å²) in [7, 11) is 2.18. The van der Waals surface area contributed by atoms with E-state index in [-0.39, 0.29) is 0 Å². The topological polar surface area (TPSA) is 15.3 Å². The van der Waals surface area contributed by atoms with Crippen molar-refractivity contribution in [1.29, 1.82) is 0 Å². The van der Waals surface area contributed by atoms with Crippen molar-refractivity contribution in [3.8, 4) is 0 Å². The normalized spacial score (nSPS) is 24.5. The SMILES string of the molecule is CC.CCNC1CCN(C)C1. The first kappa shape index (κ1) is 10.9. The van der Waals surface area contributed by atoms with Crippen molar-refractivity contribution < 1.29 is 0 Å². The molecule has 1 rings (SSSR count). The van der Waals surface area contributed by atoms with E-state index in [2.05, 4.69) is 24.2 Å². The van der Waals surface area contributed by atoms with Gasteiger partial charge >= 0.3 is 0 Å². The average molecular weight is 158 g/mol. The van der Waals surface area contributed by atoms with E-state index >= 15 is 0 Å². The third kappa shape index (κ3) is 4.38. The highest BCUT2D eigenvalue weighted by Crippen LogP contribution is 2.04. The molecule has 1 heterocycles. The first-order valence-electron chi connectivity index (χ1n) is 4.75. The van der Waals surface area contributed by atoms with E-state index in [0.717, 1.165) is 12.6 Å². The minimum atomic E-state index is 0.764. The van der Waals surface area contributed by atoms with Gasteiger partial charge in [0.05, 0.1) is 0 Å². The quantitative estimate of drug-likeness (QED) is 0.652. The van der Waals surface area contributed by atoms with E-state index in [1.54, 1.807) is 0 Å². The third-order valence-corrected chi connectivity index (χ3v) is 1.88. The van der Waals surface area contributed by atoms with Crippen molar-refractivity contribution in [2.75, 3.05) is 26.7 Å². The minimum Gasteiger partial charge on any atom is -0.313 e. The molecule has 0 bridgehead atoms. The van der Waals surface area contributed by atoms with Crippen LogP contribution in [-0.4, -0.2) is 37.6 Å². The largest absolute Gasteiger partial charge is 0.313 e. The number of likely N-dealkylation sites (N-methyl/N-ethyl adjacent to an activating group) is 2. The maximum atomic E-state index is 3.43. The van der Waals surface area contributed by atoms with E-state index in [0.29, 0.717) is 0 Å². The molecule has 1 N–H and O–H groups in total. The molecule has 0 aromatic carbocycles. The smallest absolute Gasteiger partial charge is 0.0206 e. The summed E-state index contributed by atoms with van der Waals surface area (Å²) in [6.45, 7) is 9.77. The van der Waals surface area contributed by atoms with Crippen molar-refractivity contribution in [3.05, 3.63) is 0 Å². The van der Waals surface area contributed by atoms with Crippen LogP contribution in [0.2, 0.25) is 0 Å². The highest BCUT2D eigenvalue weighted by molar-refractivity contribution is 4.77. The van der Waals surface area contributed by atoms with Crippen LogP contribution in [0.5, 0.6) is 0 Å². The molecule has 68 valence electrons. The van der Waals surface area contributed by atoms with E-state index in [1.807, 2.05) is 13.8 Å². The molecule has 0 amide bonds. The number of hydrogen-bond acceptors (Lipinski definition) is 2. The summed E-state index contributed by atoms with van der Waals surface area (Å²) in [5, 5.41) is 3.43. The standard InChI is InChI=1S/C7H16N2.C2H6/c1-3-8-7-4-5-9(2)6-7;1-2/h7-8H,3-6H2,1-2H3;1-2H3. The second-order valence-electron chi connectivity index (χ2n) is 2.81. The molecule has 2 heteroatoms. The van der Waals surface area contributed by atoms with Crippen molar-refractivity contribution in [2.45, 2.75) is 33.2 Å². The number of likely N-dealkylation sites (tertiary alicyclic amines) is 1. The van der Waals surface area contributed by atoms with Crippen LogP contribution in [0.1, 0.15) is 27.2 Å². The zero-order valence-corrected chi connectivity index (χ0v) is 8.35. The van der Waals surface area contributed by atoms with Gasteiger partial charge < -0.3 is 10.2 Å². The van der Waals surface area contributed by atoms with Gasteiger partial charge in [-0.3, -0.25) is 0 Å². The number of hydrogen-bond donors (Lipinski definition) is 1. The summed E-state index contributed by atoms with van der Waals surface area (Å²) in [6, 6.07) is 0.764. The van der Waals surface area contributed by atoms with Crippen LogP contribution in [0.4, 0.5) is 0 Å². The Morgan fingerprint density at radius 3 is 2.45 bits per heavy atom. The zero-order valence-electron chi connectivity index (χ0n) is 8.35. The van der Waals surface area contributed by atoms with E-state index in [4.69, 9.17) is 0 Å². The highest BCUT2D eigenvalue weighted by atomic mass is 15.2. The van der Waals surface area contributed by atoms with Gasteiger partial charge in [0, 0.05) is 12.6 Å². The van der Waals surface area contributed by atoms with Gasteiger partial charge in [0.1, 0.15) is 0 Å². The summed E-state index contributed by atoms with van der Waals surface area (Å²) in [6.07, 6.45) is 1.32. The third-order valence-electron chi connectivity index (χ3n) is 1.88. The van der Waals surface area contributed by atoms with Gasteiger partial charge in [-0.15, -0.1) is 0 Å². The van der Waals surface area contributed by atoms with Crippen LogP contribution in [0, 0.1) is 0 Å². The Bertz CT molecular complexity index is 81.6. The molecule has 1 saturated heterocycles. The monoisotopic (exact) mass is 158 g/mol.